The van der Waals surface area contributed by atoms with Gasteiger partial charge in [-0.1, -0.05) is 48.5 Å². The molecular formula is C17H14N2. The van der Waals surface area contributed by atoms with Crippen LogP contribution >= 0.6 is 0 Å². The first-order valence-corrected chi connectivity index (χ1v) is 6.21. The highest BCUT2D eigenvalue weighted by Crippen LogP contribution is 2.12. The van der Waals surface area contributed by atoms with Crippen molar-refractivity contribution in [2.24, 2.45) is 0 Å². The lowest BCUT2D eigenvalue weighted by Crippen LogP contribution is -1.90. The number of hydrogen-bond acceptors (Lipinski definition) is 2. The smallest absolute Gasteiger partial charge is 0.0669 e. The zero-order chi connectivity index (χ0) is 13.5. The van der Waals surface area contributed by atoms with E-state index in [9.17, 15) is 0 Å². The highest BCUT2D eigenvalue weighted by Gasteiger charge is 1.98. The Morgan fingerprint density at radius 2 is 0.895 bits per heavy atom. The molecular weight excluding hydrogens is 232 g/mol. The summed E-state index contributed by atoms with van der Waals surface area (Å²) in [6.45, 7) is 0. The van der Waals surface area contributed by atoms with Gasteiger partial charge in [0.2, 0.25) is 0 Å². The van der Waals surface area contributed by atoms with E-state index in [2.05, 4.69) is 36.4 Å². The Bertz CT molecular complexity index is 553. The molecule has 0 amide bonds. The fourth-order valence-electron chi connectivity index (χ4n) is 1.97. The average Bonchev–Trinajstić information content (AvgIpc) is 2.44. The van der Waals surface area contributed by atoms with Gasteiger partial charge in [0.25, 0.3) is 0 Å². The van der Waals surface area contributed by atoms with E-state index in [4.69, 9.17) is 10.5 Å². The Morgan fingerprint density at radius 1 is 0.579 bits per heavy atom. The molecule has 0 N–H and O–H groups in total. The molecule has 2 aromatic rings. The molecule has 2 nitrogen and oxygen atoms in total. The van der Waals surface area contributed by atoms with Crippen LogP contribution in [0, 0.1) is 22.7 Å². The SMILES string of the molecule is N#CCc1ccc(Cc2ccc(CC#N)cc2)cc1. The average molecular weight is 246 g/mol. The normalized spacial score (nSPS) is 9.58. The van der Waals surface area contributed by atoms with Gasteiger partial charge in [0.05, 0.1) is 25.0 Å². The summed E-state index contributed by atoms with van der Waals surface area (Å²) in [4.78, 5) is 0. The van der Waals surface area contributed by atoms with E-state index in [0.29, 0.717) is 12.8 Å². The van der Waals surface area contributed by atoms with Crippen LogP contribution in [-0.4, -0.2) is 0 Å². The number of rotatable bonds is 4. The molecule has 0 bridgehead atoms. The van der Waals surface area contributed by atoms with Crippen molar-refractivity contribution < 1.29 is 0 Å². The standard InChI is InChI=1S/C17H14N2/c18-11-9-14-1-5-16(6-2-14)13-17-7-3-15(4-8-17)10-12-19/h1-8H,9-10,13H2. The van der Waals surface area contributed by atoms with E-state index in [-0.39, 0.29) is 0 Å². The molecule has 0 fully saturated rings. The summed E-state index contributed by atoms with van der Waals surface area (Å²) >= 11 is 0. The lowest BCUT2D eigenvalue weighted by molar-refractivity contribution is 1.16. The van der Waals surface area contributed by atoms with Crippen LogP contribution in [0.15, 0.2) is 48.5 Å². The third-order valence-corrected chi connectivity index (χ3v) is 3.02. The van der Waals surface area contributed by atoms with E-state index in [1.54, 1.807) is 0 Å². The summed E-state index contributed by atoms with van der Waals surface area (Å²) in [6, 6.07) is 20.6. The van der Waals surface area contributed by atoms with E-state index >= 15 is 0 Å². The first kappa shape index (κ1) is 12.9. The number of nitrogens with zero attached hydrogens (tertiary/aromatic N) is 2. The van der Waals surface area contributed by atoms with Crippen molar-refractivity contribution in [1.29, 1.82) is 10.5 Å². The fourth-order valence-corrected chi connectivity index (χ4v) is 1.97. The molecule has 0 saturated carbocycles. The van der Waals surface area contributed by atoms with Gasteiger partial charge in [-0.15, -0.1) is 0 Å². The van der Waals surface area contributed by atoms with Crippen LogP contribution in [0.5, 0.6) is 0 Å². The highest BCUT2D eigenvalue weighted by atomic mass is 14.2. The van der Waals surface area contributed by atoms with Gasteiger partial charge in [-0.2, -0.15) is 10.5 Å². The molecule has 0 aliphatic rings. The van der Waals surface area contributed by atoms with E-state index < -0.39 is 0 Å². The second kappa shape index (κ2) is 6.38. The van der Waals surface area contributed by atoms with E-state index in [1.807, 2.05) is 24.3 Å². The molecule has 92 valence electrons. The van der Waals surface area contributed by atoms with E-state index in [1.165, 1.54) is 11.1 Å². The van der Waals surface area contributed by atoms with Gasteiger partial charge in [0.15, 0.2) is 0 Å². The second-order valence-corrected chi connectivity index (χ2v) is 4.48. The summed E-state index contributed by atoms with van der Waals surface area (Å²) in [5.41, 5.74) is 4.57. The van der Waals surface area contributed by atoms with Crippen molar-refractivity contribution in [3.8, 4) is 12.1 Å². The molecule has 19 heavy (non-hydrogen) atoms. The van der Waals surface area contributed by atoms with Crippen LogP contribution in [0.25, 0.3) is 0 Å². The van der Waals surface area contributed by atoms with Crippen molar-refractivity contribution in [3.63, 3.8) is 0 Å². The van der Waals surface area contributed by atoms with Crippen molar-refractivity contribution in [1.82, 2.24) is 0 Å². The Balaban J connectivity index is 2.04. The van der Waals surface area contributed by atoms with Crippen LogP contribution in [0.2, 0.25) is 0 Å². The summed E-state index contributed by atoms with van der Waals surface area (Å²) in [5.74, 6) is 0. The zero-order valence-electron chi connectivity index (χ0n) is 10.6. The molecule has 0 spiro atoms. The zero-order valence-corrected chi connectivity index (χ0v) is 10.6. The molecule has 0 atom stereocenters. The maximum Gasteiger partial charge on any atom is 0.0669 e. The first-order valence-electron chi connectivity index (χ1n) is 6.21. The van der Waals surface area contributed by atoms with Crippen molar-refractivity contribution in [2.75, 3.05) is 0 Å². The number of benzene rings is 2. The molecule has 0 aliphatic heterocycles. The predicted octanol–water partition coefficient (Wildman–Crippen LogP) is 3.41. The van der Waals surface area contributed by atoms with Crippen molar-refractivity contribution >= 4 is 0 Å². The molecule has 0 radical (unpaired) electrons. The molecule has 2 aromatic carbocycles. The van der Waals surface area contributed by atoms with Crippen LogP contribution < -0.4 is 0 Å². The highest BCUT2D eigenvalue weighted by molar-refractivity contribution is 5.31. The van der Waals surface area contributed by atoms with Gasteiger partial charge in [0.1, 0.15) is 0 Å². The van der Waals surface area contributed by atoms with Gasteiger partial charge < -0.3 is 0 Å². The van der Waals surface area contributed by atoms with Crippen LogP contribution in [0.4, 0.5) is 0 Å². The van der Waals surface area contributed by atoms with Crippen LogP contribution in [0.1, 0.15) is 22.3 Å². The summed E-state index contributed by atoms with van der Waals surface area (Å²) < 4.78 is 0. The third-order valence-electron chi connectivity index (χ3n) is 3.02. The second-order valence-electron chi connectivity index (χ2n) is 4.48. The number of nitriles is 2. The maximum absolute atomic E-state index is 8.62. The topological polar surface area (TPSA) is 47.6 Å². The van der Waals surface area contributed by atoms with Crippen molar-refractivity contribution in [2.45, 2.75) is 19.3 Å². The van der Waals surface area contributed by atoms with E-state index in [0.717, 1.165) is 17.5 Å². The minimum absolute atomic E-state index is 0.461. The quantitative estimate of drug-likeness (QED) is 0.830. The Labute approximate surface area is 113 Å². The molecule has 0 unspecified atom stereocenters. The lowest BCUT2D eigenvalue weighted by atomic mass is 10.0. The molecule has 2 rings (SSSR count). The largest absolute Gasteiger partial charge is 0.198 e. The van der Waals surface area contributed by atoms with Gasteiger partial charge >= 0.3 is 0 Å². The summed E-state index contributed by atoms with van der Waals surface area (Å²) in [6.07, 6.45) is 1.80. The van der Waals surface area contributed by atoms with Crippen LogP contribution in [0.3, 0.4) is 0 Å². The number of hydrogen-bond donors (Lipinski definition) is 0. The first-order chi connectivity index (χ1) is 9.31. The third kappa shape index (κ3) is 3.69. The Morgan fingerprint density at radius 3 is 1.21 bits per heavy atom. The summed E-state index contributed by atoms with van der Waals surface area (Å²) in [5, 5.41) is 17.2. The molecule has 0 saturated heterocycles. The predicted molar refractivity (Wildman–Crippen MR) is 74.3 cm³/mol. The van der Waals surface area contributed by atoms with Gasteiger partial charge in [-0.05, 0) is 28.7 Å². The molecule has 0 aliphatic carbocycles. The lowest BCUT2D eigenvalue weighted by Gasteiger charge is -2.04. The van der Waals surface area contributed by atoms with Gasteiger partial charge in [0, 0.05) is 0 Å². The monoisotopic (exact) mass is 246 g/mol. The minimum Gasteiger partial charge on any atom is -0.198 e. The maximum atomic E-state index is 8.62. The van der Waals surface area contributed by atoms with Gasteiger partial charge in [-0.25, -0.2) is 0 Å². The fraction of sp³-hybridized carbons (Fsp3) is 0.176. The summed E-state index contributed by atoms with van der Waals surface area (Å²) in [7, 11) is 0. The van der Waals surface area contributed by atoms with Crippen LogP contribution in [-0.2, 0) is 19.3 Å². The molecule has 2 heteroatoms. The minimum atomic E-state index is 0.461. The Kier molecular flexibility index (Phi) is 4.32. The van der Waals surface area contributed by atoms with Crippen molar-refractivity contribution in [3.05, 3.63) is 70.8 Å². The molecule has 0 heterocycles. The Hall–Kier alpha value is -2.58. The van der Waals surface area contributed by atoms with Gasteiger partial charge in [-0.3, -0.25) is 0 Å². The molecule has 0 aromatic heterocycles.